The molecule has 0 aromatic carbocycles. The van der Waals surface area contributed by atoms with Crippen molar-refractivity contribution in [2.45, 2.75) is 111 Å². The lowest BCUT2D eigenvalue weighted by molar-refractivity contribution is -0.169. The first-order chi connectivity index (χ1) is 17.6. The Kier molecular flexibility index (Phi) is 6.98. The van der Waals surface area contributed by atoms with E-state index in [2.05, 4.69) is 20.8 Å². The van der Waals surface area contributed by atoms with Crippen LogP contribution in [0.2, 0.25) is 0 Å². The van der Waals surface area contributed by atoms with Gasteiger partial charge in [-0.15, -0.1) is 0 Å². The lowest BCUT2D eigenvalue weighted by atomic mass is 9.42. The molecule has 8 heteroatoms. The Hall–Kier alpha value is -0.960. The molecule has 0 aromatic rings. The van der Waals surface area contributed by atoms with Gasteiger partial charge in [-0.25, -0.2) is 8.42 Å². The number of methoxy groups -OCH3 is 1. The molecule has 5 aliphatic rings. The van der Waals surface area contributed by atoms with Gasteiger partial charge in [-0.2, -0.15) is 0 Å². The second kappa shape index (κ2) is 9.28. The van der Waals surface area contributed by atoms with Gasteiger partial charge in [0.15, 0.2) is 0 Å². The number of fused-ring (bicyclic) bond motifs is 2. The maximum Gasteiger partial charge on any atom is 0.311 e. The van der Waals surface area contributed by atoms with Crippen LogP contribution in [0.5, 0.6) is 0 Å². The van der Waals surface area contributed by atoms with E-state index in [1.807, 2.05) is 19.9 Å². The van der Waals surface area contributed by atoms with E-state index in [0.29, 0.717) is 24.2 Å². The zero-order chi connectivity index (χ0) is 27.9. The number of aliphatic hydroxyl groups excluding tert-OH is 1. The van der Waals surface area contributed by atoms with Crippen molar-refractivity contribution in [1.82, 2.24) is 0 Å². The number of aliphatic hydroxyl groups is 1. The van der Waals surface area contributed by atoms with E-state index in [-0.39, 0.29) is 27.6 Å². The van der Waals surface area contributed by atoms with Crippen LogP contribution in [0.3, 0.4) is 0 Å². The highest BCUT2D eigenvalue weighted by Gasteiger charge is 2.82. The molecule has 0 amide bonds. The highest BCUT2D eigenvalue weighted by atomic mass is 32.3. The summed E-state index contributed by atoms with van der Waals surface area (Å²) in [7, 11) is -3.57. The summed E-state index contributed by atoms with van der Waals surface area (Å²) in [5.41, 5.74) is 1.75. The lowest BCUT2D eigenvalue weighted by Gasteiger charge is -2.62. The number of esters is 1. The number of rotatable bonds is 7. The smallest absolute Gasteiger partial charge is 0.311 e. The Balaban J connectivity index is 1.41. The zero-order valence-corrected chi connectivity index (χ0v) is 24.8. The van der Waals surface area contributed by atoms with Crippen LogP contribution in [-0.2, 0) is 24.1 Å². The van der Waals surface area contributed by atoms with E-state index in [0.717, 1.165) is 50.5 Å². The molecule has 5 rings (SSSR count). The fourth-order valence-corrected chi connectivity index (χ4v) is 11.9. The highest BCUT2D eigenvalue weighted by molar-refractivity contribution is 7.80. The summed E-state index contributed by atoms with van der Waals surface area (Å²) in [6.07, 6.45) is 10.3. The number of hydrogen-bond donors (Lipinski definition) is 1. The standard InChI is InChI=1S/C30H48O7S/c1-18(2)15-20(31)16-19(3)21-9-11-28(5)24-8-7-22-25(26(32)36-6)23(37-38(33,34)35)10-12-29(22)17-30(24,29)14-13-27(21,28)4/h15,19-25,31H,7-14,16-17H2,1-6H3,(H,33,34,35)/p-1/t19-,20+,21-,22?,23+,24+,25+,27-,28+,29-,30+/m1/s1. The van der Waals surface area contributed by atoms with Crippen LogP contribution in [-0.4, -0.2) is 43.4 Å². The molecule has 38 heavy (non-hydrogen) atoms. The molecule has 5 saturated carbocycles. The number of ether oxygens (including phenoxy) is 1. The summed E-state index contributed by atoms with van der Waals surface area (Å²) in [4.78, 5) is 13.0. The Morgan fingerprint density at radius 2 is 1.76 bits per heavy atom. The van der Waals surface area contributed by atoms with Gasteiger partial charge < -0.3 is 14.4 Å². The molecule has 216 valence electrons. The summed E-state index contributed by atoms with van der Waals surface area (Å²) >= 11 is 0. The molecule has 7 nitrogen and oxygen atoms in total. The average molecular weight is 552 g/mol. The summed E-state index contributed by atoms with van der Waals surface area (Å²) in [6.45, 7) is 11.4. The number of hydrogen-bond acceptors (Lipinski definition) is 7. The molecule has 0 saturated heterocycles. The Bertz CT molecular complexity index is 1100. The van der Waals surface area contributed by atoms with Crippen LogP contribution in [0.15, 0.2) is 11.6 Å². The predicted molar refractivity (Wildman–Crippen MR) is 142 cm³/mol. The minimum Gasteiger partial charge on any atom is -0.726 e. The van der Waals surface area contributed by atoms with Crippen LogP contribution < -0.4 is 0 Å². The zero-order valence-electron chi connectivity index (χ0n) is 24.0. The Morgan fingerprint density at radius 1 is 1.05 bits per heavy atom. The van der Waals surface area contributed by atoms with Crippen molar-refractivity contribution in [2.24, 2.45) is 51.2 Å². The van der Waals surface area contributed by atoms with Crippen molar-refractivity contribution in [3.05, 3.63) is 11.6 Å². The van der Waals surface area contributed by atoms with Crippen molar-refractivity contribution >= 4 is 16.4 Å². The second-order valence-electron chi connectivity index (χ2n) is 14.4. The fourth-order valence-electron chi connectivity index (χ4n) is 11.3. The summed E-state index contributed by atoms with van der Waals surface area (Å²) in [5.74, 6) is 0.438. The topological polar surface area (TPSA) is 113 Å². The Morgan fingerprint density at radius 3 is 2.39 bits per heavy atom. The minimum atomic E-state index is -4.91. The van der Waals surface area contributed by atoms with Gasteiger partial charge in [0, 0.05) is 0 Å². The summed E-state index contributed by atoms with van der Waals surface area (Å²) < 4.78 is 44.6. The predicted octanol–water partition coefficient (Wildman–Crippen LogP) is 5.39. The molecular weight excluding hydrogens is 504 g/mol. The molecule has 11 atom stereocenters. The molecule has 5 fully saturated rings. The van der Waals surface area contributed by atoms with Crippen molar-refractivity contribution in [1.29, 1.82) is 0 Å². The van der Waals surface area contributed by atoms with Gasteiger partial charge in [0.2, 0.25) is 10.4 Å². The number of carbonyl (C=O) groups is 1. The van der Waals surface area contributed by atoms with Gasteiger partial charge in [-0.1, -0.05) is 32.4 Å². The first kappa shape index (κ1) is 28.6. The molecule has 0 bridgehead atoms. The first-order valence-electron chi connectivity index (χ1n) is 14.7. The van der Waals surface area contributed by atoms with E-state index >= 15 is 0 Å². The molecule has 5 aliphatic carbocycles. The molecule has 0 radical (unpaired) electrons. The number of carbonyl (C=O) groups excluding carboxylic acids is 1. The van der Waals surface area contributed by atoms with E-state index in [9.17, 15) is 22.9 Å². The van der Waals surface area contributed by atoms with Crippen LogP contribution in [0.25, 0.3) is 0 Å². The van der Waals surface area contributed by atoms with Crippen LogP contribution in [0.4, 0.5) is 0 Å². The van der Waals surface area contributed by atoms with E-state index in [1.54, 1.807) is 0 Å². The third-order valence-electron chi connectivity index (χ3n) is 12.8. The molecule has 0 aliphatic heterocycles. The van der Waals surface area contributed by atoms with Crippen LogP contribution in [0, 0.1) is 51.2 Å². The SMILES string of the molecule is COC(=O)[C@H]1C2CC[C@@H]3[C@]4(CC[C@]5(C)[C@@H]([C@H](C)C[C@@H](O)C=C(C)C)CC[C@@]35C)C[C@]24CC[C@@H]1OS(=O)(=O)[O-]. The maximum atomic E-state index is 13.0. The maximum absolute atomic E-state index is 13.0. The van der Waals surface area contributed by atoms with Crippen LogP contribution in [0.1, 0.15) is 98.8 Å². The third kappa shape index (κ3) is 4.06. The van der Waals surface area contributed by atoms with Crippen molar-refractivity contribution in [3.8, 4) is 0 Å². The van der Waals surface area contributed by atoms with Gasteiger partial charge >= 0.3 is 5.97 Å². The van der Waals surface area contributed by atoms with Crippen molar-refractivity contribution in [3.63, 3.8) is 0 Å². The third-order valence-corrected chi connectivity index (χ3v) is 13.3. The fraction of sp³-hybridized carbons (Fsp3) is 0.900. The quantitative estimate of drug-likeness (QED) is 0.195. The summed E-state index contributed by atoms with van der Waals surface area (Å²) in [6, 6.07) is 0. The van der Waals surface area contributed by atoms with Gasteiger partial charge in [0.1, 0.15) is 0 Å². The van der Waals surface area contributed by atoms with Gasteiger partial charge in [-0.05, 0) is 123 Å². The second-order valence-corrected chi connectivity index (χ2v) is 15.4. The molecular formula is C30H47O7S-. The van der Waals surface area contributed by atoms with E-state index in [1.165, 1.54) is 20.0 Å². The van der Waals surface area contributed by atoms with Crippen molar-refractivity contribution < 1.29 is 31.8 Å². The minimum absolute atomic E-state index is 0.00463. The highest BCUT2D eigenvalue weighted by Crippen LogP contribution is 2.88. The van der Waals surface area contributed by atoms with E-state index < -0.39 is 34.5 Å². The van der Waals surface area contributed by atoms with Gasteiger partial charge in [0.05, 0.1) is 25.2 Å². The van der Waals surface area contributed by atoms with Gasteiger partial charge in [0.25, 0.3) is 0 Å². The molecule has 0 aromatic heterocycles. The van der Waals surface area contributed by atoms with Gasteiger partial charge in [-0.3, -0.25) is 8.98 Å². The Labute approximate surface area is 229 Å². The molecule has 0 heterocycles. The first-order valence-corrected chi connectivity index (χ1v) is 16.0. The summed E-state index contributed by atoms with van der Waals surface area (Å²) in [5, 5.41) is 10.7. The van der Waals surface area contributed by atoms with E-state index in [4.69, 9.17) is 8.92 Å². The molecule has 2 spiro atoms. The average Bonchev–Trinajstić information content (AvgIpc) is 3.39. The normalized spacial score (nSPS) is 47.0. The van der Waals surface area contributed by atoms with Crippen molar-refractivity contribution in [2.75, 3.05) is 7.11 Å². The molecule has 1 N–H and O–H groups in total. The number of allylic oxidation sites excluding steroid dienone is 1. The monoisotopic (exact) mass is 551 g/mol. The van der Waals surface area contributed by atoms with Crippen LogP contribution >= 0.6 is 0 Å². The molecule has 1 unspecified atom stereocenters. The lowest BCUT2D eigenvalue weighted by Crippen LogP contribution is -2.57. The largest absolute Gasteiger partial charge is 0.726 e.